The zero-order chi connectivity index (χ0) is 33.3. The molecule has 45 heavy (non-hydrogen) atoms. The molecule has 250 valence electrons. The van der Waals surface area contributed by atoms with Crippen molar-refractivity contribution in [3.63, 3.8) is 0 Å². The lowest BCUT2D eigenvalue weighted by molar-refractivity contribution is -0.184. The van der Waals surface area contributed by atoms with Crippen LogP contribution in [0.4, 0.5) is 0 Å². The van der Waals surface area contributed by atoms with E-state index in [1.807, 2.05) is 6.92 Å². The number of amides is 2. The van der Waals surface area contributed by atoms with Crippen LogP contribution in [0, 0.1) is 28.6 Å². The average molecular weight is 633 g/mol. The van der Waals surface area contributed by atoms with Crippen molar-refractivity contribution in [1.82, 2.24) is 10.6 Å². The number of carboxylic acid groups (broad SMARTS) is 1. The van der Waals surface area contributed by atoms with Crippen LogP contribution < -0.4 is 10.6 Å². The van der Waals surface area contributed by atoms with Gasteiger partial charge in [-0.3, -0.25) is 24.0 Å². The van der Waals surface area contributed by atoms with Crippen LogP contribution in [0.3, 0.4) is 0 Å². The summed E-state index contributed by atoms with van der Waals surface area (Å²) in [5.74, 6) is -3.77. The lowest BCUT2D eigenvalue weighted by Crippen LogP contribution is -2.62. The molecule has 9 atom stereocenters. The Morgan fingerprint density at radius 3 is 2.44 bits per heavy atom. The first-order valence-corrected chi connectivity index (χ1v) is 16.2. The molecule has 0 aromatic rings. The Kier molecular flexibility index (Phi) is 10.3. The molecular weight excluding hydrogens is 584 g/mol. The van der Waals surface area contributed by atoms with Gasteiger partial charge >= 0.3 is 11.9 Å². The van der Waals surface area contributed by atoms with Crippen molar-refractivity contribution in [1.29, 1.82) is 0 Å². The number of aliphatic hydroxyl groups is 2. The second kappa shape index (κ2) is 13.3. The smallest absolute Gasteiger partial charge is 0.326 e. The van der Waals surface area contributed by atoms with E-state index in [4.69, 9.17) is 4.74 Å². The molecule has 2 amide bonds. The van der Waals surface area contributed by atoms with Crippen LogP contribution in [0.5, 0.6) is 0 Å². The van der Waals surface area contributed by atoms with E-state index in [1.54, 1.807) is 13.0 Å². The topological polar surface area (TPSA) is 196 Å². The fourth-order valence-corrected chi connectivity index (χ4v) is 8.93. The summed E-state index contributed by atoms with van der Waals surface area (Å²) in [5, 5.41) is 37.3. The molecule has 0 bridgehead atoms. The minimum Gasteiger partial charge on any atom is -0.480 e. The number of Topliss-reactive ketones (excluding diaryl/α,β-unsaturated/α-hetero) is 1. The number of carbonyl (C=O) groups is 6. The molecule has 0 heterocycles. The highest BCUT2D eigenvalue weighted by Crippen LogP contribution is 2.67. The van der Waals surface area contributed by atoms with Crippen molar-refractivity contribution in [2.45, 2.75) is 122 Å². The molecule has 0 unspecified atom stereocenters. The van der Waals surface area contributed by atoms with Gasteiger partial charge in [0, 0.05) is 18.3 Å². The molecule has 3 saturated carbocycles. The maximum Gasteiger partial charge on any atom is 0.326 e. The van der Waals surface area contributed by atoms with E-state index >= 15 is 0 Å². The molecule has 3 fully saturated rings. The Hall–Kier alpha value is -3.12. The van der Waals surface area contributed by atoms with E-state index in [-0.39, 0.29) is 61.1 Å². The number of hydrogen-bond acceptors (Lipinski definition) is 9. The van der Waals surface area contributed by atoms with Crippen LogP contribution in [0.1, 0.15) is 98.3 Å². The summed E-state index contributed by atoms with van der Waals surface area (Å²) in [7, 11) is 0. The predicted molar refractivity (Wildman–Crippen MR) is 160 cm³/mol. The summed E-state index contributed by atoms with van der Waals surface area (Å²) >= 11 is 0. The Morgan fingerprint density at radius 2 is 1.78 bits per heavy atom. The minimum atomic E-state index is -1.78. The number of ether oxygens (including phenoxy) is 1. The van der Waals surface area contributed by atoms with Crippen LogP contribution in [-0.2, 0) is 33.5 Å². The first-order chi connectivity index (χ1) is 21.1. The van der Waals surface area contributed by atoms with Gasteiger partial charge in [0.05, 0.1) is 12.5 Å². The summed E-state index contributed by atoms with van der Waals surface area (Å²) in [4.78, 5) is 73.9. The highest BCUT2D eigenvalue weighted by molar-refractivity contribution is 5.93. The Balaban J connectivity index is 1.30. The Morgan fingerprint density at radius 1 is 1.07 bits per heavy atom. The van der Waals surface area contributed by atoms with Crippen LogP contribution in [0.25, 0.3) is 0 Å². The number of carbonyl (C=O) groups excluding carboxylic acids is 5. The highest BCUT2D eigenvalue weighted by Gasteiger charge is 2.68. The molecule has 0 aromatic heterocycles. The average Bonchev–Trinajstić information content (AvgIpc) is 3.25. The zero-order valence-corrected chi connectivity index (χ0v) is 26.7. The molecule has 4 rings (SSSR count). The number of nitrogens with one attached hydrogen (secondary N) is 2. The van der Waals surface area contributed by atoms with Crippen LogP contribution in [-0.4, -0.2) is 81.0 Å². The van der Waals surface area contributed by atoms with E-state index in [2.05, 4.69) is 17.6 Å². The second-order valence-electron chi connectivity index (χ2n) is 14.0. The molecule has 12 nitrogen and oxygen atoms in total. The van der Waals surface area contributed by atoms with Crippen LogP contribution >= 0.6 is 0 Å². The number of aliphatic carboxylic acids is 1. The summed E-state index contributed by atoms with van der Waals surface area (Å²) in [6.07, 6.45) is 4.80. The fraction of sp³-hybridized carbons (Fsp3) is 0.758. The SMILES string of the molecule is CCC[C@H](NC(=O)[C@H](C)NC(=O)CCC(=O)OCC(=O)[C@@]1(O)CC[C@H]2[C@@H]3CCC4=CC(=O)CC[C@]4(C)[C@H]3[C@@H](O)C[C@@]21C)C(=O)O. The number of fused-ring (bicyclic) bond motifs is 5. The largest absolute Gasteiger partial charge is 0.480 e. The number of rotatable bonds is 12. The normalized spacial score (nSPS) is 35.1. The van der Waals surface area contributed by atoms with Gasteiger partial charge in [-0.15, -0.1) is 0 Å². The Bertz CT molecular complexity index is 1260. The minimum absolute atomic E-state index is 0.0119. The third-order valence-corrected chi connectivity index (χ3v) is 11.4. The van der Waals surface area contributed by atoms with E-state index in [1.165, 1.54) is 6.92 Å². The van der Waals surface area contributed by atoms with E-state index < -0.39 is 65.3 Å². The van der Waals surface area contributed by atoms with Crippen LogP contribution in [0.2, 0.25) is 0 Å². The first-order valence-electron chi connectivity index (χ1n) is 16.2. The monoisotopic (exact) mass is 632 g/mol. The third-order valence-electron chi connectivity index (χ3n) is 11.4. The summed E-state index contributed by atoms with van der Waals surface area (Å²) in [6, 6.07) is -2.10. The maximum absolute atomic E-state index is 13.4. The zero-order valence-electron chi connectivity index (χ0n) is 26.7. The molecule has 0 spiro atoms. The van der Waals surface area contributed by atoms with Crippen molar-refractivity contribution in [2.75, 3.05) is 6.61 Å². The molecule has 12 heteroatoms. The van der Waals surface area contributed by atoms with Gasteiger partial charge in [-0.05, 0) is 81.1 Å². The van der Waals surface area contributed by atoms with Gasteiger partial charge in [-0.1, -0.05) is 32.8 Å². The van der Waals surface area contributed by atoms with Gasteiger partial charge in [0.15, 0.2) is 12.4 Å². The molecule has 0 aromatic carbocycles. The highest BCUT2D eigenvalue weighted by atomic mass is 16.5. The van der Waals surface area contributed by atoms with Crippen molar-refractivity contribution in [3.05, 3.63) is 11.6 Å². The number of aliphatic hydroxyl groups excluding tert-OH is 1. The van der Waals surface area contributed by atoms with Crippen molar-refractivity contribution >= 4 is 35.3 Å². The maximum atomic E-state index is 13.4. The van der Waals surface area contributed by atoms with Gasteiger partial charge in [-0.2, -0.15) is 0 Å². The first kappa shape index (κ1) is 34.7. The summed E-state index contributed by atoms with van der Waals surface area (Å²) < 4.78 is 5.17. The molecule has 0 aliphatic heterocycles. The molecule has 0 saturated heterocycles. The molecule has 4 aliphatic rings. The van der Waals surface area contributed by atoms with E-state index in [0.29, 0.717) is 25.7 Å². The second-order valence-corrected chi connectivity index (χ2v) is 14.0. The molecular formula is C33H48N2O10. The van der Waals surface area contributed by atoms with E-state index in [9.17, 15) is 44.1 Å². The van der Waals surface area contributed by atoms with Crippen molar-refractivity contribution < 1.29 is 48.8 Å². The van der Waals surface area contributed by atoms with E-state index in [0.717, 1.165) is 18.4 Å². The number of allylic oxidation sites excluding steroid dienone is 1. The number of ketones is 2. The summed E-state index contributed by atoms with van der Waals surface area (Å²) in [6.45, 7) is 6.51. The fourth-order valence-electron chi connectivity index (χ4n) is 8.93. The molecule has 5 N–H and O–H groups in total. The quantitative estimate of drug-likeness (QED) is 0.198. The molecule has 4 aliphatic carbocycles. The standard InChI is InChI=1S/C33H48N2O10/c1-5-6-23(30(42)43)35-29(41)18(2)34-26(39)9-10-27(40)45-17-25(38)33(44)14-12-22-21-8-7-19-15-20(36)11-13-31(19,3)28(21)24(37)16-32(22,33)4/h15,18,21-24,28,37,44H,5-14,16-17H2,1-4H3,(H,34,39)(H,35,41)(H,42,43)/t18-,21-,22-,23-,24-,28+,31-,32-,33-/m0/s1. The van der Waals surface area contributed by atoms with Gasteiger partial charge in [0.2, 0.25) is 17.6 Å². The lowest BCUT2D eigenvalue weighted by Gasteiger charge is -2.60. The lowest BCUT2D eigenvalue weighted by atomic mass is 9.45. The van der Waals surface area contributed by atoms with Gasteiger partial charge in [0.1, 0.15) is 17.7 Å². The van der Waals surface area contributed by atoms with Crippen molar-refractivity contribution in [2.24, 2.45) is 28.6 Å². The Labute approximate surface area is 263 Å². The third kappa shape index (κ3) is 6.58. The van der Waals surface area contributed by atoms with Gasteiger partial charge in [-0.25, -0.2) is 4.79 Å². The molecule has 0 radical (unpaired) electrons. The number of carboxylic acids is 1. The van der Waals surface area contributed by atoms with Crippen LogP contribution in [0.15, 0.2) is 11.6 Å². The van der Waals surface area contributed by atoms with Gasteiger partial charge < -0.3 is 30.7 Å². The predicted octanol–water partition coefficient (Wildman–Crippen LogP) is 1.99. The summed E-state index contributed by atoms with van der Waals surface area (Å²) in [5.41, 5.74) is -1.88. The number of esters is 1. The van der Waals surface area contributed by atoms with Crippen molar-refractivity contribution in [3.8, 4) is 0 Å². The number of hydrogen-bond donors (Lipinski definition) is 5. The van der Waals surface area contributed by atoms with Gasteiger partial charge in [0.25, 0.3) is 0 Å².